The van der Waals surface area contributed by atoms with Gasteiger partial charge in [0.1, 0.15) is 0 Å². The number of hydrogen-bond acceptors (Lipinski definition) is 6. The van der Waals surface area contributed by atoms with Crippen molar-refractivity contribution in [1.29, 1.82) is 0 Å². The van der Waals surface area contributed by atoms with E-state index in [0.717, 1.165) is 12.8 Å². The molecule has 0 aromatic heterocycles. The van der Waals surface area contributed by atoms with Crippen molar-refractivity contribution in [3.63, 3.8) is 0 Å². The number of aliphatic hydroxyl groups excluding tert-OH is 2. The zero-order valence-electron chi connectivity index (χ0n) is 12.3. The summed E-state index contributed by atoms with van der Waals surface area (Å²) in [6.07, 6.45) is 1.52. The number of rotatable bonds is 11. The molecule has 0 heterocycles. The second kappa shape index (κ2) is 11.7. The highest BCUT2D eigenvalue weighted by atomic mass is 16.6. The highest BCUT2D eigenvalue weighted by Gasteiger charge is 2.12. The number of ether oxygens (including phenoxy) is 2. The maximum atomic E-state index is 11.3. The Morgan fingerprint density at radius 3 is 1.50 bits per heavy atom. The van der Waals surface area contributed by atoms with Crippen molar-refractivity contribution in [2.45, 2.75) is 77.8 Å². The van der Waals surface area contributed by atoms with Crippen molar-refractivity contribution in [3.05, 3.63) is 0 Å². The Balaban J connectivity index is 3.60. The van der Waals surface area contributed by atoms with Crippen LogP contribution in [0.25, 0.3) is 0 Å². The van der Waals surface area contributed by atoms with E-state index < -0.39 is 24.5 Å². The molecule has 2 atom stereocenters. The monoisotopic (exact) mass is 290 g/mol. The van der Waals surface area contributed by atoms with E-state index in [0.29, 0.717) is 25.7 Å². The largest absolute Gasteiger partial charge is 0.436 e. The van der Waals surface area contributed by atoms with E-state index in [1.54, 1.807) is 0 Å². The molecule has 0 bridgehead atoms. The van der Waals surface area contributed by atoms with E-state index in [1.807, 2.05) is 13.8 Å². The van der Waals surface area contributed by atoms with Gasteiger partial charge in [-0.05, 0) is 12.8 Å². The van der Waals surface area contributed by atoms with E-state index in [-0.39, 0.29) is 12.8 Å². The lowest BCUT2D eigenvalue weighted by molar-refractivity contribution is -0.171. The molecule has 20 heavy (non-hydrogen) atoms. The first-order chi connectivity index (χ1) is 9.49. The van der Waals surface area contributed by atoms with Crippen LogP contribution in [0.1, 0.15) is 65.2 Å². The van der Waals surface area contributed by atoms with Crippen molar-refractivity contribution in [3.8, 4) is 0 Å². The van der Waals surface area contributed by atoms with Crippen molar-refractivity contribution >= 4 is 11.9 Å². The minimum atomic E-state index is -1.04. The summed E-state index contributed by atoms with van der Waals surface area (Å²) in [4.78, 5) is 22.6. The summed E-state index contributed by atoms with van der Waals surface area (Å²) < 4.78 is 9.51. The molecular formula is C14H26O6. The van der Waals surface area contributed by atoms with E-state index in [2.05, 4.69) is 0 Å². The maximum Gasteiger partial charge on any atom is 0.308 e. The molecule has 0 saturated carbocycles. The average molecular weight is 290 g/mol. The minimum absolute atomic E-state index is 0.158. The molecule has 2 unspecified atom stereocenters. The molecule has 0 aliphatic carbocycles. The summed E-state index contributed by atoms with van der Waals surface area (Å²) in [6.45, 7) is 3.77. The maximum absolute atomic E-state index is 11.3. The van der Waals surface area contributed by atoms with Gasteiger partial charge in [-0.15, -0.1) is 0 Å². The molecule has 6 nitrogen and oxygen atoms in total. The predicted octanol–water partition coefficient (Wildman–Crippen LogP) is 1.87. The summed E-state index contributed by atoms with van der Waals surface area (Å²) in [5.41, 5.74) is 0. The number of unbranched alkanes of at least 4 members (excludes halogenated alkanes) is 1. The van der Waals surface area contributed by atoms with Gasteiger partial charge in [0.2, 0.25) is 12.6 Å². The second-order valence-corrected chi connectivity index (χ2v) is 4.67. The lowest BCUT2D eigenvalue weighted by atomic mass is 10.2. The molecule has 0 fully saturated rings. The first-order valence-corrected chi connectivity index (χ1v) is 7.24. The third-order valence-electron chi connectivity index (χ3n) is 2.62. The average Bonchev–Trinajstić information content (AvgIpc) is 2.35. The normalized spacial score (nSPS) is 13.6. The highest BCUT2D eigenvalue weighted by Crippen LogP contribution is 2.07. The Labute approximate surface area is 120 Å². The zero-order chi connectivity index (χ0) is 15.4. The second-order valence-electron chi connectivity index (χ2n) is 4.67. The standard InChI is InChI=1S/C14H26O6/c1-3-7-11(15)19-13(17)9-5-6-10-14(18)20-12(16)8-4-2/h11-12,15-16H,3-10H2,1-2H3. The molecule has 6 heteroatoms. The van der Waals surface area contributed by atoms with E-state index >= 15 is 0 Å². The highest BCUT2D eigenvalue weighted by molar-refractivity contribution is 5.70. The number of carbonyl (C=O) groups excluding carboxylic acids is 2. The van der Waals surface area contributed by atoms with Gasteiger partial charge in [-0.2, -0.15) is 0 Å². The van der Waals surface area contributed by atoms with Crippen LogP contribution >= 0.6 is 0 Å². The van der Waals surface area contributed by atoms with Gasteiger partial charge in [0.25, 0.3) is 0 Å². The Morgan fingerprint density at radius 2 is 1.20 bits per heavy atom. The first kappa shape index (κ1) is 18.9. The molecule has 0 rings (SSSR count). The van der Waals surface area contributed by atoms with Crippen LogP contribution in [0.3, 0.4) is 0 Å². The summed E-state index contributed by atoms with van der Waals surface area (Å²) >= 11 is 0. The number of hydrogen-bond donors (Lipinski definition) is 2. The molecule has 0 amide bonds. The van der Waals surface area contributed by atoms with Crippen LogP contribution in [0.5, 0.6) is 0 Å². The van der Waals surface area contributed by atoms with E-state index in [1.165, 1.54) is 0 Å². The fraction of sp³-hybridized carbons (Fsp3) is 0.857. The van der Waals surface area contributed by atoms with Crippen LogP contribution in [-0.4, -0.2) is 34.7 Å². The molecule has 0 saturated heterocycles. The summed E-state index contributed by atoms with van der Waals surface area (Å²) in [7, 11) is 0. The number of carbonyl (C=O) groups is 2. The Morgan fingerprint density at radius 1 is 0.850 bits per heavy atom. The van der Waals surface area contributed by atoms with Gasteiger partial charge in [0, 0.05) is 25.7 Å². The molecule has 2 N–H and O–H groups in total. The summed E-state index contributed by atoms with van der Waals surface area (Å²) in [5, 5.41) is 18.5. The smallest absolute Gasteiger partial charge is 0.308 e. The predicted molar refractivity (Wildman–Crippen MR) is 72.5 cm³/mol. The Hall–Kier alpha value is -1.14. The number of aliphatic hydroxyl groups is 2. The Kier molecular flexibility index (Phi) is 11.0. The topological polar surface area (TPSA) is 93.1 Å². The van der Waals surface area contributed by atoms with Gasteiger partial charge >= 0.3 is 11.9 Å². The van der Waals surface area contributed by atoms with Gasteiger partial charge in [0.05, 0.1) is 0 Å². The van der Waals surface area contributed by atoms with Crippen LogP contribution in [0.15, 0.2) is 0 Å². The molecule has 0 aromatic carbocycles. The summed E-state index contributed by atoms with van der Waals surface area (Å²) in [6, 6.07) is 0. The SMILES string of the molecule is CCCC(O)OC(=O)CCCCC(=O)OC(O)CCC. The molecule has 0 aliphatic heterocycles. The van der Waals surface area contributed by atoms with Crippen LogP contribution in [0, 0.1) is 0 Å². The van der Waals surface area contributed by atoms with Gasteiger partial charge in [-0.1, -0.05) is 26.7 Å². The van der Waals surface area contributed by atoms with Crippen molar-refractivity contribution in [2.75, 3.05) is 0 Å². The Bertz CT molecular complexity index is 251. The molecule has 118 valence electrons. The van der Waals surface area contributed by atoms with Crippen molar-refractivity contribution in [1.82, 2.24) is 0 Å². The van der Waals surface area contributed by atoms with Gasteiger partial charge in [-0.3, -0.25) is 9.59 Å². The van der Waals surface area contributed by atoms with Gasteiger partial charge in [0.15, 0.2) is 0 Å². The van der Waals surface area contributed by atoms with Crippen LogP contribution < -0.4 is 0 Å². The molecule has 0 aromatic rings. The van der Waals surface area contributed by atoms with E-state index in [4.69, 9.17) is 9.47 Å². The lowest BCUT2D eigenvalue weighted by Gasteiger charge is -2.11. The summed E-state index contributed by atoms with van der Waals surface area (Å²) in [5.74, 6) is -0.935. The van der Waals surface area contributed by atoms with E-state index in [9.17, 15) is 19.8 Å². The quantitative estimate of drug-likeness (QED) is 0.343. The van der Waals surface area contributed by atoms with Crippen LogP contribution in [0.2, 0.25) is 0 Å². The minimum Gasteiger partial charge on any atom is -0.436 e. The fourth-order valence-corrected chi connectivity index (χ4v) is 1.57. The van der Waals surface area contributed by atoms with Crippen molar-refractivity contribution in [2.24, 2.45) is 0 Å². The molecule has 0 spiro atoms. The molecular weight excluding hydrogens is 264 g/mol. The third-order valence-corrected chi connectivity index (χ3v) is 2.62. The first-order valence-electron chi connectivity index (χ1n) is 7.24. The molecule has 0 aliphatic rings. The third kappa shape index (κ3) is 10.8. The van der Waals surface area contributed by atoms with Crippen LogP contribution in [0.4, 0.5) is 0 Å². The zero-order valence-corrected chi connectivity index (χ0v) is 12.3. The van der Waals surface area contributed by atoms with Gasteiger partial charge in [-0.25, -0.2) is 0 Å². The lowest BCUT2D eigenvalue weighted by Crippen LogP contribution is -2.18. The van der Waals surface area contributed by atoms with Crippen LogP contribution in [-0.2, 0) is 19.1 Å². The van der Waals surface area contributed by atoms with Gasteiger partial charge < -0.3 is 19.7 Å². The molecule has 0 radical (unpaired) electrons. The van der Waals surface area contributed by atoms with Crippen molar-refractivity contribution < 1.29 is 29.3 Å². The number of esters is 2. The fourth-order valence-electron chi connectivity index (χ4n) is 1.57.